The fourth-order valence-corrected chi connectivity index (χ4v) is 4.65. The number of rotatable bonds is 4. The minimum absolute atomic E-state index is 0.254. The van der Waals surface area contributed by atoms with Gasteiger partial charge in [-0.15, -0.1) is 0 Å². The van der Waals surface area contributed by atoms with Crippen molar-refractivity contribution < 1.29 is 8.42 Å². The first-order chi connectivity index (χ1) is 8.52. The summed E-state index contributed by atoms with van der Waals surface area (Å²) in [5.74, 6) is 1.02. The number of sulfone groups is 1. The van der Waals surface area contributed by atoms with Crippen molar-refractivity contribution in [3.05, 3.63) is 35.4 Å². The van der Waals surface area contributed by atoms with Gasteiger partial charge in [-0.1, -0.05) is 24.3 Å². The van der Waals surface area contributed by atoms with Gasteiger partial charge in [0.1, 0.15) is 0 Å². The minimum atomic E-state index is -2.77. The first-order valence-electron chi connectivity index (χ1n) is 6.45. The molecular formula is C14H21NO2S. The Kier molecular flexibility index (Phi) is 4.07. The predicted octanol–water partition coefficient (Wildman–Crippen LogP) is 2.08. The topological polar surface area (TPSA) is 46.2 Å². The summed E-state index contributed by atoms with van der Waals surface area (Å²) in [5, 5.41) is 3.32. The van der Waals surface area contributed by atoms with E-state index in [1.165, 1.54) is 11.1 Å². The zero-order valence-electron chi connectivity index (χ0n) is 11.0. The molecule has 1 N–H and O–H groups in total. The van der Waals surface area contributed by atoms with Crippen LogP contribution in [-0.4, -0.2) is 27.0 Å². The van der Waals surface area contributed by atoms with Crippen LogP contribution < -0.4 is 5.32 Å². The average molecular weight is 267 g/mol. The summed E-state index contributed by atoms with van der Waals surface area (Å²) >= 11 is 0. The molecule has 18 heavy (non-hydrogen) atoms. The van der Waals surface area contributed by atoms with Crippen LogP contribution >= 0.6 is 0 Å². The lowest BCUT2D eigenvalue weighted by Gasteiger charge is -2.21. The number of nitrogens with one attached hydrogen (secondary N) is 1. The number of benzene rings is 1. The molecule has 4 heteroatoms. The Hall–Kier alpha value is -0.870. The SMILES string of the molecule is CNC(CC1CCS(=O)(=O)C1)c1ccccc1C. The van der Waals surface area contributed by atoms with Crippen molar-refractivity contribution in [2.75, 3.05) is 18.6 Å². The third-order valence-electron chi connectivity index (χ3n) is 3.81. The highest BCUT2D eigenvalue weighted by Crippen LogP contribution is 2.29. The molecule has 1 aromatic carbocycles. The van der Waals surface area contributed by atoms with E-state index in [-0.39, 0.29) is 6.04 Å². The Morgan fingerprint density at radius 1 is 1.39 bits per heavy atom. The van der Waals surface area contributed by atoms with E-state index in [2.05, 4.69) is 24.4 Å². The molecule has 1 heterocycles. The molecule has 1 aliphatic rings. The summed E-state index contributed by atoms with van der Waals surface area (Å²) in [4.78, 5) is 0. The van der Waals surface area contributed by atoms with E-state index in [1.807, 2.05) is 19.2 Å². The second kappa shape index (κ2) is 5.41. The molecule has 0 aliphatic carbocycles. The van der Waals surface area contributed by atoms with Gasteiger partial charge in [0.15, 0.2) is 9.84 Å². The van der Waals surface area contributed by atoms with Crippen molar-refractivity contribution in [3.8, 4) is 0 Å². The maximum Gasteiger partial charge on any atom is 0.150 e. The van der Waals surface area contributed by atoms with Gasteiger partial charge in [-0.25, -0.2) is 8.42 Å². The summed E-state index contributed by atoms with van der Waals surface area (Å²) in [6.07, 6.45) is 1.72. The quantitative estimate of drug-likeness (QED) is 0.908. The van der Waals surface area contributed by atoms with E-state index in [4.69, 9.17) is 0 Å². The van der Waals surface area contributed by atoms with Gasteiger partial charge in [-0.05, 0) is 43.9 Å². The van der Waals surface area contributed by atoms with Crippen LogP contribution in [0.5, 0.6) is 0 Å². The Morgan fingerprint density at radius 2 is 2.11 bits per heavy atom. The smallest absolute Gasteiger partial charge is 0.150 e. The Bertz CT molecular complexity index is 510. The van der Waals surface area contributed by atoms with E-state index in [1.54, 1.807) is 0 Å². The van der Waals surface area contributed by atoms with Crippen LogP contribution in [0.1, 0.15) is 30.0 Å². The summed E-state index contributed by atoms with van der Waals surface area (Å²) in [6, 6.07) is 8.55. The molecule has 1 aliphatic heterocycles. The molecule has 2 rings (SSSR count). The van der Waals surface area contributed by atoms with Crippen LogP contribution in [0, 0.1) is 12.8 Å². The molecule has 2 atom stereocenters. The molecule has 2 unspecified atom stereocenters. The highest BCUT2D eigenvalue weighted by atomic mass is 32.2. The highest BCUT2D eigenvalue weighted by molar-refractivity contribution is 7.91. The monoisotopic (exact) mass is 267 g/mol. The molecule has 1 saturated heterocycles. The molecule has 0 saturated carbocycles. The van der Waals surface area contributed by atoms with Crippen LogP contribution in [0.15, 0.2) is 24.3 Å². The second-order valence-electron chi connectivity index (χ2n) is 5.20. The fraction of sp³-hybridized carbons (Fsp3) is 0.571. The maximum atomic E-state index is 11.5. The standard InChI is InChI=1S/C14H21NO2S/c1-11-5-3-4-6-13(11)14(15-2)9-12-7-8-18(16,17)10-12/h3-6,12,14-15H,7-10H2,1-2H3. The van der Waals surface area contributed by atoms with Crippen LogP contribution in [0.4, 0.5) is 0 Å². The highest BCUT2D eigenvalue weighted by Gasteiger charge is 2.30. The lowest BCUT2D eigenvalue weighted by atomic mass is 9.92. The Morgan fingerprint density at radius 3 is 2.67 bits per heavy atom. The van der Waals surface area contributed by atoms with Gasteiger partial charge in [0.05, 0.1) is 11.5 Å². The van der Waals surface area contributed by atoms with E-state index in [0.29, 0.717) is 17.4 Å². The first kappa shape index (κ1) is 13.6. The van der Waals surface area contributed by atoms with Crippen molar-refractivity contribution in [3.63, 3.8) is 0 Å². The minimum Gasteiger partial charge on any atom is -0.313 e. The summed E-state index contributed by atoms with van der Waals surface area (Å²) < 4.78 is 23.0. The van der Waals surface area contributed by atoms with Crippen molar-refractivity contribution in [1.82, 2.24) is 5.32 Å². The number of hydrogen-bond donors (Lipinski definition) is 1. The Balaban J connectivity index is 2.09. The molecule has 100 valence electrons. The zero-order valence-corrected chi connectivity index (χ0v) is 11.8. The molecule has 0 amide bonds. The largest absolute Gasteiger partial charge is 0.313 e. The lowest BCUT2D eigenvalue weighted by molar-refractivity contribution is 0.436. The third kappa shape index (κ3) is 3.12. The summed E-state index contributed by atoms with van der Waals surface area (Å²) in [7, 11) is -0.824. The van der Waals surface area contributed by atoms with Gasteiger partial charge in [-0.2, -0.15) is 0 Å². The lowest BCUT2D eigenvalue weighted by Crippen LogP contribution is -2.21. The second-order valence-corrected chi connectivity index (χ2v) is 7.43. The molecule has 0 bridgehead atoms. The van der Waals surface area contributed by atoms with E-state index in [9.17, 15) is 8.42 Å². The van der Waals surface area contributed by atoms with Crippen molar-refractivity contribution in [2.24, 2.45) is 5.92 Å². The van der Waals surface area contributed by atoms with E-state index >= 15 is 0 Å². The molecule has 0 aromatic heterocycles. The van der Waals surface area contributed by atoms with E-state index < -0.39 is 9.84 Å². The van der Waals surface area contributed by atoms with Crippen molar-refractivity contribution in [2.45, 2.75) is 25.8 Å². The number of hydrogen-bond acceptors (Lipinski definition) is 3. The van der Waals surface area contributed by atoms with Gasteiger partial charge in [-0.3, -0.25) is 0 Å². The predicted molar refractivity (Wildman–Crippen MR) is 74.4 cm³/mol. The van der Waals surface area contributed by atoms with Gasteiger partial charge in [0.25, 0.3) is 0 Å². The molecule has 0 radical (unpaired) electrons. The van der Waals surface area contributed by atoms with Crippen LogP contribution in [0.2, 0.25) is 0 Å². The van der Waals surface area contributed by atoms with E-state index in [0.717, 1.165) is 12.8 Å². The van der Waals surface area contributed by atoms with Crippen molar-refractivity contribution >= 4 is 9.84 Å². The summed E-state index contributed by atoms with van der Waals surface area (Å²) in [6.45, 7) is 2.10. The first-order valence-corrected chi connectivity index (χ1v) is 8.27. The number of aryl methyl sites for hydroxylation is 1. The molecule has 1 aromatic rings. The van der Waals surface area contributed by atoms with Gasteiger partial charge in [0.2, 0.25) is 0 Å². The zero-order chi connectivity index (χ0) is 13.2. The molecule has 3 nitrogen and oxygen atoms in total. The van der Waals surface area contributed by atoms with Crippen molar-refractivity contribution in [1.29, 1.82) is 0 Å². The maximum absolute atomic E-state index is 11.5. The van der Waals surface area contributed by atoms with Gasteiger partial charge in [0, 0.05) is 6.04 Å². The summed E-state index contributed by atoms with van der Waals surface area (Å²) in [5.41, 5.74) is 2.54. The van der Waals surface area contributed by atoms with Crippen LogP contribution in [-0.2, 0) is 9.84 Å². The van der Waals surface area contributed by atoms with Gasteiger partial charge < -0.3 is 5.32 Å². The van der Waals surface area contributed by atoms with Gasteiger partial charge >= 0.3 is 0 Å². The normalized spacial score (nSPS) is 24.0. The molecular weight excluding hydrogens is 246 g/mol. The fourth-order valence-electron chi connectivity index (χ4n) is 2.77. The average Bonchev–Trinajstić information content (AvgIpc) is 2.67. The molecule has 0 spiro atoms. The molecule has 1 fully saturated rings. The third-order valence-corrected chi connectivity index (χ3v) is 5.65. The van der Waals surface area contributed by atoms with Crippen LogP contribution in [0.25, 0.3) is 0 Å². The Labute approximate surface area is 110 Å². The van der Waals surface area contributed by atoms with Crippen LogP contribution in [0.3, 0.4) is 0 Å².